The molecule has 3 aromatic carbocycles. The highest BCUT2D eigenvalue weighted by molar-refractivity contribution is 9.10. The molecular weight excluding hydrogens is 600 g/mol. The Kier molecular flexibility index (Phi) is 12.0. The summed E-state index contributed by atoms with van der Waals surface area (Å²) in [5, 5.41) is 3.07. The first-order valence-electron chi connectivity index (χ1n) is 12.1. The van der Waals surface area contributed by atoms with Crippen molar-refractivity contribution in [1.82, 2.24) is 10.2 Å². The lowest BCUT2D eigenvalue weighted by Gasteiger charge is -2.31. The fraction of sp³-hybridized carbons (Fsp3) is 0.310. The van der Waals surface area contributed by atoms with Gasteiger partial charge in [0.1, 0.15) is 6.04 Å². The Balaban J connectivity index is 1.81. The van der Waals surface area contributed by atoms with E-state index in [0.29, 0.717) is 25.3 Å². The van der Waals surface area contributed by atoms with Gasteiger partial charge >= 0.3 is 0 Å². The lowest BCUT2D eigenvalue weighted by atomic mass is 10.0. The minimum atomic E-state index is -0.589. The number of amides is 2. The van der Waals surface area contributed by atoms with Crippen LogP contribution < -0.4 is 5.32 Å². The molecule has 0 radical (unpaired) electrons. The summed E-state index contributed by atoms with van der Waals surface area (Å²) >= 11 is 8.52. The molecule has 0 unspecified atom stereocenters. The van der Waals surface area contributed by atoms with Crippen molar-refractivity contribution in [2.45, 2.75) is 44.5 Å². The van der Waals surface area contributed by atoms with Crippen LogP contribution in [0, 0.1) is 0 Å². The number of nitrogens with one attached hydrogen (secondary N) is 1. The topological polar surface area (TPSA) is 49.4 Å². The monoisotopic (exact) mass is 630 g/mol. The van der Waals surface area contributed by atoms with E-state index < -0.39 is 6.04 Å². The van der Waals surface area contributed by atoms with Crippen molar-refractivity contribution in [3.05, 3.63) is 104 Å². The Morgan fingerprint density at radius 2 is 1.47 bits per heavy atom. The van der Waals surface area contributed by atoms with Crippen molar-refractivity contribution in [2.24, 2.45) is 0 Å². The van der Waals surface area contributed by atoms with Gasteiger partial charge in [-0.1, -0.05) is 99.8 Å². The van der Waals surface area contributed by atoms with Gasteiger partial charge in [0.2, 0.25) is 11.8 Å². The summed E-state index contributed by atoms with van der Waals surface area (Å²) in [6.45, 7) is 3.09. The molecule has 1 atom stereocenters. The molecule has 2 amide bonds. The smallest absolute Gasteiger partial charge is 0.243 e. The second kappa shape index (κ2) is 15.2. The van der Waals surface area contributed by atoms with Crippen molar-refractivity contribution in [3.63, 3.8) is 0 Å². The minimum Gasteiger partial charge on any atom is -0.354 e. The number of carbonyl (C=O) groups excluding carboxylic acids is 2. The van der Waals surface area contributed by atoms with Gasteiger partial charge in [-0.3, -0.25) is 9.59 Å². The first kappa shape index (κ1) is 28.5. The molecule has 0 aromatic heterocycles. The van der Waals surface area contributed by atoms with Crippen molar-refractivity contribution >= 4 is 55.4 Å². The van der Waals surface area contributed by atoms with Crippen molar-refractivity contribution in [2.75, 3.05) is 12.3 Å². The highest BCUT2D eigenvalue weighted by Gasteiger charge is 2.30. The highest BCUT2D eigenvalue weighted by Crippen LogP contribution is 2.20. The van der Waals surface area contributed by atoms with Gasteiger partial charge < -0.3 is 10.2 Å². The van der Waals surface area contributed by atoms with Crippen LogP contribution in [0.3, 0.4) is 0 Å². The lowest BCUT2D eigenvalue weighted by molar-refractivity contribution is -0.139. The predicted octanol–water partition coefficient (Wildman–Crippen LogP) is 7.00. The van der Waals surface area contributed by atoms with Crippen LogP contribution in [0.5, 0.6) is 0 Å². The minimum absolute atomic E-state index is 0.0356. The number of nitrogens with zero attached hydrogens (tertiary/aromatic N) is 1. The van der Waals surface area contributed by atoms with Gasteiger partial charge in [0.05, 0.1) is 5.75 Å². The molecular formula is C29H32Br2N2O2S. The fourth-order valence-corrected chi connectivity index (χ4v) is 5.17. The second-order valence-corrected chi connectivity index (χ2v) is 11.4. The summed E-state index contributed by atoms with van der Waals surface area (Å²) in [4.78, 5) is 28.8. The lowest BCUT2D eigenvalue weighted by Crippen LogP contribution is -2.51. The number of benzene rings is 3. The molecule has 190 valence electrons. The summed E-state index contributed by atoms with van der Waals surface area (Å²) < 4.78 is 2.01. The summed E-state index contributed by atoms with van der Waals surface area (Å²) in [5.41, 5.74) is 3.18. The normalized spacial score (nSPS) is 11.6. The molecule has 36 heavy (non-hydrogen) atoms. The third kappa shape index (κ3) is 9.41. The molecule has 0 saturated carbocycles. The number of rotatable bonds is 13. The zero-order valence-corrected chi connectivity index (χ0v) is 24.4. The zero-order chi connectivity index (χ0) is 25.8. The average Bonchev–Trinajstić information content (AvgIpc) is 2.89. The molecule has 7 heteroatoms. The third-order valence-corrected chi connectivity index (χ3v) is 7.82. The Morgan fingerprint density at radius 1 is 0.861 bits per heavy atom. The predicted molar refractivity (Wildman–Crippen MR) is 157 cm³/mol. The Morgan fingerprint density at radius 3 is 2.08 bits per heavy atom. The molecule has 0 saturated heterocycles. The standard InChI is InChI=1S/C29H32Br2N2O2S/c1-2-3-17-32-29(35)27(18-22-7-5-4-6-8-22)33(19-23-9-13-25(30)14-10-23)28(34)21-36-20-24-11-15-26(31)16-12-24/h4-16,27H,2-3,17-21H2,1H3,(H,32,35)/t27-/m0/s1. The fourth-order valence-electron chi connectivity index (χ4n) is 3.77. The molecule has 0 spiro atoms. The van der Waals surface area contributed by atoms with E-state index in [1.54, 1.807) is 16.7 Å². The highest BCUT2D eigenvalue weighted by atomic mass is 79.9. The Bertz CT molecular complexity index is 1090. The van der Waals surface area contributed by atoms with E-state index >= 15 is 0 Å². The van der Waals surface area contributed by atoms with Crippen molar-refractivity contribution in [1.29, 1.82) is 0 Å². The Hall–Kier alpha value is -2.09. The van der Waals surface area contributed by atoms with E-state index in [1.165, 1.54) is 0 Å². The van der Waals surface area contributed by atoms with E-state index in [9.17, 15) is 9.59 Å². The van der Waals surface area contributed by atoms with E-state index in [0.717, 1.165) is 44.2 Å². The van der Waals surface area contributed by atoms with Crippen LogP contribution in [-0.4, -0.2) is 35.1 Å². The summed E-state index contributed by atoms with van der Waals surface area (Å²) in [6.07, 6.45) is 2.38. The van der Waals surface area contributed by atoms with Crippen LogP contribution >= 0.6 is 43.6 Å². The quantitative estimate of drug-likeness (QED) is 0.207. The SMILES string of the molecule is CCCCNC(=O)[C@H](Cc1ccccc1)N(Cc1ccc(Br)cc1)C(=O)CSCc1ccc(Br)cc1. The molecule has 0 heterocycles. The first-order chi connectivity index (χ1) is 17.5. The zero-order valence-electron chi connectivity index (χ0n) is 20.5. The number of thioether (sulfide) groups is 1. The maximum absolute atomic E-state index is 13.6. The molecule has 1 N–H and O–H groups in total. The van der Waals surface area contributed by atoms with Gasteiger partial charge in [0.15, 0.2) is 0 Å². The van der Waals surface area contributed by atoms with Crippen molar-refractivity contribution in [3.8, 4) is 0 Å². The molecule has 0 aliphatic heterocycles. The van der Waals surface area contributed by atoms with Crippen LogP contribution in [-0.2, 0) is 28.3 Å². The van der Waals surface area contributed by atoms with Gasteiger partial charge in [-0.15, -0.1) is 11.8 Å². The Labute approximate surface area is 235 Å². The molecule has 0 bridgehead atoms. The van der Waals surface area contributed by atoms with E-state index in [2.05, 4.69) is 56.2 Å². The maximum Gasteiger partial charge on any atom is 0.243 e. The first-order valence-corrected chi connectivity index (χ1v) is 14.9. The van der Waals surface area contributed by atoms with Crippen LogP contribution in [0.25, 0.3) is 0 Å². The van der Waals surface area contributed by atoms with E-state index in [-0.39, 0.29) is 11.8 Å². The third-order valence-electron chi connectivity index (χ3n) is 5.77. The molecule has 0 fully saturated rings. The van der Waals surface area contributed by atoms with E-state index in [4.69, 9.17) is 0 Å². The van der Waals surface area contributed by atoms with Crippen LogP contribution in [0.4, 0.5) is 0 Å². The maximum atomic E-state index is 13.6. The molecule has 0 aliphatic carbocycles. The van der Waals surface area contributed by atoms with Crippen molar-refractivity contribution < 1.29 is 9.59 Å². The molecule has 3 aromatic rings. The number of hydrogen-bond donors (Lipinski definition) is 1. The van der Waals surface area contributed by atoms with Gasteiger partial charge in [-0.05, 0) is 47.4 Å². The van der Waals surface area contributed by atoms with Crippen LogP contribution in [0.15, 0.2) is 87.8 Å². The van der Waals surface area contributed by atoms with E-state index in [1.807, 2.05) is 66.7 Å². The van der Waals surface area contributed by atoms with Gasteiger partial charge in [-0.25, -0.2) is 0 Å². The van der Waals surface area contributed by atoms with Crippen LogP contribution in [0.2, 0.25) is 0 Å². The van der Waals surface area contributed by atoms with Gasteiger partial charge in [0, 0.05) is 34.2 Å². The molecule has 4 nitrogen and oxygen atoms in total. The average molecular weight is 632 g/mol. The van der Waals surface area contributed by atoms with Crippen LogP contribution in [0.1, 0.15) is 36.5 Å². The summed E-state index contributed by atoms with van der Waals surface area (Å²) in [5.74, 6) is 0.902. The molecule has 3 rings (SSSR count). The summed E-state index contributed by atoms with van der Waals surface area (Å²) in [6, 6.07) is 25.4. The van der Waals surface area contributed by atoms with Gasteiger partial charge in [0.25, 0.3) is 0 Å². The number of hydrogen-bond acceptors (Lipinski definition) is 3. The summed E-state index contributed by atoms with van der Waals surface area (Å²) in [7, 11) is 0. The number of unbranched alkanes of at least 4 members (excludes halogenated alkanes) is 1. The number of halogens is 2. The largest absolute Gasteiger partial charge is 0.354 e. The molecule has 0 aliphatic rings. The number of carbonyl (C=O) groups is 2. The van der Waals surface area contributed by atoms with Gasteiger partial charge in [-0.2, -0.15) is 0 Å². The second-order valence-electron chi connectivity index (χ2n) is 8.62.